The van der Waals surface area contributed by atoms with E-state index < -0.39 is 0 Å². The Morgan fingerprint density at radius 3 is 2.50 bits per heavy atom. The molecule has 2 heteroatoms. The molecule has 1 heterocycles. The highest BCUT2D eigenvalue weighted by Gasteiger charge is 2.40. The van der Waals surface area contributed by atoms with E-state index in [9.17, 15) is 0 Å². The fourth-order valence-corrected chi connectivity index (χ4v) is 3.05. The third kappa shape index (κ3) is 3.83. The van der Waals surface area contributed by atoms with Crippen LogP contribution < -0.4 is 0 Å². The predicted octanol–water partition coefficient (Wildman–Crippen LogP) is 4.63. The molecule has 0 aromatic heterocycles. The average Bonchev–Trinajstić information content (AvgIpc) is 2.92. The fourth-order valence-electron chi connectivity index (χ4n) is 3.05. The van der Waals surface area contributed by atoms with Crippen molar-refractivity contribution in [1.82, 2.24) is 0 Å². The molecule has 1 atom stereocenters. The summed E-state index contributed by atoms with van der Waals surface area (Å²) in [4.78, 5) is 0. The SMILES string of the molecule is C=C/C=C(\C=C/C(C)CC)C1CCC2(CC1)OCCO2. The molecule has 1 aliphatic carbocycles. The Kier molecular flexibility index (Phi) is 5.62. The van der Waals surface area contributed by atoms with Gasteiger partial charge in [0.05, 0.1) is 13.2 Å². The van der Waals surface area contributed by atoms with Crippen molar-refractivity contribution in [2.24, 2.45) is 11.8 Å². The Hall–Kier alpha value is -0.860. The summed E-state index contributed by atoms with van der Waals surface area (Å²) in [6.45, 7) is 9.86. The fraction of sp³-hybridized carbons (Fsp3) is 0.667. The molecule has 20 heavy (non-hydrogen) atoms. The van der Waals surface area contributed by atoms with Gasteiger partial charge in [-0.25, -0.2) is 0 Å². The smallest absolute Gasteiger partial charge is 0.168 e. The average molecular weight is 276 g/mol. The quantitative estimate of drug-likeness (QED) is 0.681. The Balaban J connectivity index is 1.96. The van der Waals surface area contributed by atoms with Crippen LogP contribution in [0.1, 0.15) is 46.0 Å². The standard InChI is InChI=1S/C18H28O2/c1-4-6-16(8-7-15(3)5-2)17-9-11-18(12-10-17)19-13-14-20-18/h4,6-8,15,17H,1,5,9-14H2,2-3H3/b8-7-,16-6+. The van der Waals surface area contributed by atoms with E-state index in [-0.39, 0.29) is 5.79 Å². The minimum absolute atomic E-state index is 0.254. The highest BCUT2D eigenvalue weighted by atomic mass is 16.7. The lowest BCUT2D eigenvalue weighted by atomic mass is 9.80. The summed E-state index contributed by atoms with van der Waals surface area (Å²) in [5, 5.41) is 0. The summed E-state index contributed by atoms with van der Waals surface area (Å²) >= 11 is 0. The van der Waals surface area contributed by atoms with Gasteiger partial charge in [-0.1, -0.05) is 51.2 Å². The molecule has 0 aromatic rings. The highest BCUT2D eigenvalue weighted by Crippen LogP contribution is 2.41. The topological polar surface area (TPSA) is 18.5 Å². The first-order valence-electron chi connectivity index (χ1n) is 7.98. The minimum Gasteiger partial charge on any atom is -0.348 e. The zero-order chi connectivity index (χ0) is 14.4. The molecule has 1 saturated heterocycles. The van der Waals surface area contributed by atoms with Crippen LogP contribution in [-0.2, 0) is 9.47 Å². The summed E-state index contributed by atoms with van der Waals surface area (Å²) in [6, 6.07) is 0. The van der Waals surface area contributed by atoms with Crippen LogP contribution in [0.3, 0.4) is 0 Å². The van der Waals surface area contributed by atoms with Gasteiger partial charge in [-0.05, 0) is 30.3 Å². The van der Waals surface area contributed by atoms with Crippen molar-refractivity contribution < 1.29 is 9.47 Å². The Morgan fingerprint density at radius 2 is 1.95 bits per heavy atom. The molecule has 2 fully saturated rings. The third-order valence-electron chi connectivity index (χ3n) is 4.60. The van der Waals surface area contributed by atoms with Crippen molar-refractivity contribution in [2.75, 3.05) is 13.2 Å². The van der Waals surface area contributed by atoms with Crippen LogP contribution in [0.2, 0.25) is 0 Å². The molecule has 1 spiro atoms. The van der Waals surface area contributed by atoms with Crippen LogP contribution in [0.25, 0.3) is 0 Å². The van der Waals surface area contributed by atoms with E-state index in [1.54, 1.807) is 0 Å². The van der Waals surface area contributed by atoms with Gasteiger partial charge in [0, 0.05) is 12.8 Å². The molecule has 0 radical (unpaired) electrons. The van der Waals surface area contributed by atoms with E-state index in [1.807, 2.05) is 6.08 Å². The maximum atomic E-state index is 5.81. The molecule has 2 nitrogen and oxygen atoms in total. The number of ether oxygens (including phenoxy) is 2. The van der Waals surface area contributed by atoms with Gasteiger partial charge in [0.15, 0.2) is 5.79 Å². The van der Waals surface area contributed by atoms with Crippen LogP contribution in [0.15, 0.2) is 36.5 Å². The van der Waals surface area contributed by atoms with E-state index in [1.165, 1.54) is 12.0 Å². The minimum atomic E-state index is -0.254. The Morgan fingerprint density at radius 1 is 1.30 bits per heavy atom. The largest absolute Gasteiger partial charge is 0.348 e. The van der Waals surface area contributed by atoms with E-state index in [2.05, 4.69) is 38.7 Å². The lowest BCUT2D eigenvalue weighted by molar-refractivity contribution is -0.180. The van der Waals surface area contributed by atoms with Crippen LogP contribution in [0, 0.1) is 11.8 Å². The number of allylic oxidation sites excluding steroid dienone is 5. The first-order chi connectivity index (χ1) is 9.69. The maximum absolute atomic E-state index is 5.81. The van der Waals surface area contributed by atoms with Gasteiger partial charge in [0.25, 0.3) is 0 Å². The van der Waals surface area contributed by atoms with Gasteiger partial charge >= 0.3 is 0 Å². The van der Waals surface area contributed by atoms with E-state index >= 15 is 0 Å². The summed E-state index contributed by atoms with van der Waals surface area (Å²) in [5.74, 6) is 1.00. The number of rotatable bonds is 5. The summed E-state index contributed by atoms with van der Waals surface area (Å²) in [7, 11) is 0. The summed E-state index contributed by atoms with van der Waals surface area (Å²) in [6.07, 6.45) is 14.2. The molecule has 2 aliphatic rings. The predicted molar refractivity (Wildman–Crippen MR) is 83.5 cm³/mol. The number of hydrogen-bond donors (Lipinski definition) is 0. The number of hydrogen-bond acceptors (Lipinski definition) is 2. The van der Waals surface area contributed by atoms with Crippen molar-refractivity contribution in [3.05, 3.63) is 36.5 Å². The van der Waals surface area contributed by atoms with Crippen molar-refractivity contribution >= 4 is 0 Å². The normalized spacial score (nSPS) is 25.4. The van der Waals surface area contributed by atoms with Crippen LogP contribution in [-0.4, -0.2) is 19.0 Å². The van der Waals surface area contributed by atoms with Gasteiger partial charge in [-0.2, -0.15) is 0 Å². The second kappa shape index (κ2) is 7.24. The molecule has 0 bridgehead atoms. The highest BCUT2D eigenvalue weighted by molar-refractivity contribution is 5.26. The zero-order valence-corrected chi connectivity index (χ0v) is 12.9. The van der Waals surface area contributed by atoms with E-state index in [0.717, 1.165) is 38.9 Å². The van der Waals surface area contributed by atoms with Gasteiger partial charge in [-0.15, -0.1) is 0 Å². The van der Waals surface area contributed by atoms with Crippen molar-refractivity contribution in [3.8, 4) is 0 Å². The van der Waals surface area contributed by atoms with Crippen LogP contribution in [0.5, 0.6) is 0 Å². The van der Waals surface area contributed by atoms with Crippen LogP contribution >= 0.6 is 0 Å². The van der Waals surface area contributed by atoms with Gasteiger partial charge in [0.1, 0.15) is 0 Å². The molecule has 0 amide bonds. The molecule has 1 saturated carbocycles. The van der Waals surface area contributed by atoms with E-state index in [0.29, 0.717) is 11.8 Å². The van der Waals surface area contributed by atoms with Gasteiger partial charge in [-0.3, -0.25) is 0 Å². The van der Waals surface area contributed by atoms with Crippen LogP contribution in [0.4, 0.5) is 0 Å². The van der Waals surface area contributed by atoms with Crippen molar-refractivity contribution in [1.29, 1.82) is 0 Å². The van der Waals surface area contributed by atoms with Crippen molar-refractivity contribution in [2.45, 2.75) is 51.7 Å². The molecular formula is C18H28O2. The molecule has 1 unspecified atom stereocenters. The summed E-state index contributed by atoms with van der Waals surface area (Å²) in [5.41, 5.74) is 1.41. The summed E-state index contributed by atoms with van der Waals surface area (Å²) < 4.78 is 11.6. The lowest BCUT2D eigenvalue weighted by Gasteiger charge is -2.35. The van der Waals surface area contributed by atoms with E-state index in [4.69, 9.17) is 9.47 Å². The van der Waals surface area contributed by atoms with Gasteiger partial charge < -0.3 is 9.47 Å². The molecule has 0 N–H and O–H groups in total. The first-order valence-corrected chi connectivity index (χ1v) is 7.98. The Labute approximate surface area is 123 Å². The molecule has 112 valence electrons. The second-order valence-electron chi connectivity index (χ2n) is 6.03. The Bertz CT molecular complexity index is 365. The first kappa shape index (κ1) is 15.5. The monoisotopic (exact) mass is 276 g/mol. The second-order valence-corrected chi connectivity index (χ2v) is 6.03. The maximum Gasteiger partial charge on any atom is 0.168 e. The third-order valence-corrected chi connectivity index (χ3v) is 4.60. The molecule has 0 aromatic carbocycles. The molecular weight excluding hydrogens is 248 g/mol. The molecule has 2 rings (SSSR count). The lowest BCUT2D eigenvalue weighted by Crippen LogP contribution is -2.35. The van der Waals surface area contributed by atoms with Gasteiger partial charge in [0.2, 0.25) is 0 Å². The zero-order valence-electron chi connectivity index (χ0n) is 12.9. The van der Waals surface area contributed by atoms with Crippen molar-refractivity contribution in [3.63, 3.8) is 0 Å². The molecule has 1 aliphatic heterocycles.